The van der Waals surface area contributed by atoms with Crippen molar-refractivity contribution in [2.45, 2.75) is 43.9 Å². The second kappa shape index (κ2) is 8.38. The summed E-state index contributed by atoms with van der Waals surface area (Å²) in [5.41, 5.74) is -1.80. The summed E-state index contributed by atoms with van der Waals surface area (Å²) in [5.74, 6) is -2.26. The summed E-state index contributed by atoms with van der Waals surface area (Å²) in [4.78, 5) is 24.2. The molecule has 1 saturated carbocycles. The van der Waals surface area contributed by atoms with Crippen molar-refractivity contribution in [3.8, 4) is 17.2 Å². The maximum atomic E-state index is 13.8. The summed E-state index contributed by atoms with van der Waals surface area (Å²) in [6.45, 7) is 1.70. The minimum Gasteiger partial charge on any atom is -0.348 e. The molecular weight excluding hydrogens is 414 g/mol. The van der Waals surface area contributed by atoms with E-state index < -0.39 is 35.0 Å². The minimum atomic E-state index is -4.84. The van der Waals surface area contributed by atoms with Crippen LogP contribution in [0.3, 0.4) is 0 Å². The van der Waals surface area contributed by atoms with Gasteiger partial charge in [0, 0.05) is 0 Å². The molecule has 0 saturated heterocycles. The van der Waals surface area contributed by atoms with Crippen LogP contribution in [0.25, 0.3) is 11.1 Å². The molecule has 2 N–H and O–H groups in total. The van der Waals surface area contributed by atoms with Crippen LogP contribution in [0.4, 0.5) is 17.6 Å². The molecule has 0 heterocycles. The number of hydrogen-bond donors (Lipinski definition) is 2. The molecule has 1 aliphatic carbocycles. The minimum absolute atomic E-state index is 0.191. The number of carbonyl (C=O) groups is 2. The fourth-order valence-corrected chi connectivity index (χ4v) is 3.34. The molecule has 2 amide bonds. The van der Waals surface area contributed by atoms with Gasteiger partial charge in [-0.2, -0.15) is 18.4 Å². The van der Waals surface area contributed by atoms with Gasteiger partial charge >= 0.3 is 6.18 Å². The molecule has 0 radical (unpaired) electrons. The largest absolute Gasteiger partial charge is 0.419 e. The maximum absolute atomic E-state index is 13.8. The van der Waals surface area contributed by atoms with Crippen LogP contribution in [-0.2, 0) is 15.8 Å². The van der Waals surface area contributed by atoms with Gasteiger partial charge in [0.25, 0.3) is 0 Å². The summed E-state index contributed by atoms with van der Waals surface area (Å²) < 4.78 is 53.6. The van der Waals surface area contributed by atoms with Gasteiger partial charge in [-0.3, -0.25) is 9.59 Å². The van der Waals surface area contributed by atoms with Crippen LogP contribution in [0.5, 0.6) is 0 Å². The Labute approximate surface area is 176 Å². The zero-order valence-electron chi connectivity index (χ0n) is 16.5. The number of nitrogens with one attached hydrogen (secondary N) is 2. The molecule has 0 aliphatic heterocycles. The molecule has 2 aromatic carbocycles. The number of hydrogen-bond acceptors (Lipinski definition) is 3. The summed E-state index contributed by atoms with van der Waals surface area (Å²) in [6.07, 6.45) is -4.26. The first-order valence-corrected chi connectivity index (χ1v) is 9.52. The highest BCUT2D eigenvalue weighted by atomic mass is 19.4. The molecule has 31 heavy (non-hydrogen) atoms. The number of amides is 2. The fraction of sp³-hybridized carbons (Fsp3) is 0.318. The number of nitrogens with zero attached hydrogens (tertiary/aromatic N) is 1. The molecule has 3 rings (SSSR count). The lowest BCUT2D eigenvalue weighted by molar-refractivity contribution is -0.139. The summed E-state index contributed by atoms with van der Waals surface area (Å²) >= 11 is 0. The molecule has 1 atom stereocenters. The molecule has 162 valence electrons. The predicted octanol–water partition coefficient (Wildman–Crippen LogP) is 4.25. The van der Waals surface area contributed by atoms with Crippen LogP contribution < -0.4 is 10.6 Å². The Morgan fingerprint density at radius 1 is 1.16 bits per heavy atom. The van der Waals surface area contributed by atoms with Crippen LogP contribution in [0.15, 0.2) is 42.5 Å². The summed E-state index contributed by atoms with van der Waals surface area (Å²) in [5, 5.41) is 13.9. The predicted molar refractivity (Wildman–Crippen MR) is 104 cm³/mol. The van der Waals surface area contributed by atoms with Gasteiger partial charge in [0.1, 0.15) is 17.8 Å². The molecular formula is C22H19F4N3O2. The topological polar surface area (TPSA) is 82.0 Å². The van der Waals surface area contributed by atoms with E-state index in [0.29, 0.717) is 18.4 Å². The van der Waals surface area contributed by atoms with Crippen molar-refractivity contribution in [2.24, 2.45) is 0 Å². The highest BCUT2D eigenvalue weighted by Crippen LogP contribution is 2.39. The number of rotatable bonds is 6. The van der Waals surface area contributed by atoms with E-state index in [1.807, 2.05) is 0 Å². The van der Waals surface area contributed by atoms with Gasteiger partial charge < -0.3 is 10.6 Å². The number of alkyl halides is 3. The molecule has 0 bridgehead atoms. The van der Waals surface area contributed by atoms with Crippen LogP contribution >= 0.6 is 0 Å². The van der Waals surface area contributed by atoms with E-state index in [0.717, 1.165) is 6.07 Å². The number of benzene rings is 2. The van der Waals surface area contributed by atoms with Gasteiger partial charge in [-0.15, -0.1) is 0 Å². The number of nitriles is 1. The first kappa shape index (κ1) is 22.3. The van der Waals surface area contributed by atoms with Gasteiger partial charge in [0.05, 0.1) is 17.7 Å². The van der Waals surface area contributed by atoms with Crippen molar-refractivity contribution in [1.29, 1.82) is 5.26 Å². The van der Waals surface area contributed by atoms with Crippen molar-refractivity contribution in [3.05, 3.63) is 59.4 Å². The van der Waals surface area contributed by atoms with Crippen LogP contribution in [0, 0.1) is 17.1 Å². The molecule has 5 nitrogen and oxygen atoms in total. The molecule has 1 fully saturated rings. The molecule has 0 aromatic heterocycles. The van der Waals surface area contributed by atoms with Crippen molar-refractivity contribution in [3.63, 3.8) is 0 Å². The number of carbonyl (C=O) groups excluding carboxylic acids is 2. The van der Waals surface area contributed by atoms with E-state index in [9.17, 15) is 27.2 Å². The third kappa shape index (κ3) is 4.85. The monoisotopic (exact) mass is 433 g/mol. The molecule has 0 unspecified atom stereocenters. The van der Waals surface area contributed by atoms with Crippen molar-refractivity contribution in [1.82, 2.24) is 10.6 Å². The Bertz CT molecular complexity index is 1040. The van der Waals surface area contributed by atoms with Crippen molar-refractivity contribution >= 4 is 11.8 Å². The van der Waals surface area contributed by atoms with Gasteiger partial charge in [-0.25, -0.2) is 4.39 Å². The summed E-state index contributed by atoms with van der Waals surface area (Å²) in [6, 6.07) is 10.4. The zero-order chi connectivity index (χ0) is 22.8. The van der Waals surface area contributed by atoms with Crippen LogP contribution in [-0.4, -0.2) is 17.4 Å². The smallest absolute Gasteiger partial charge is 0.348 e. The molecule has 2 aromatic rings. The van der Waals surface area contributed by atoms with Gasteiger partial charge in [0.2, 0.25) is 11.8 Å². The van der Waals surface area contributed by atoms with E-state index >= 15 is 0 Å². The summed E-state index contributed by atoms with van der Waals surface area (Å²) in [7, 11) is 0. The third-order valence-corrected chi connectivity index (χ3v) is 5.17. The zero-order valence-corrected chi connectivity index (χ0v) is 16.5. The lowest BCUT2D eigenvalue weighted by Gasteiger charge is -2.21. The lowest BCUT2D eigenvalue weighted by Crippen LogP contribution is -2.49. The maximum Gasteiger partial charge on any atom is 0.419 e. The molecule has 0 spiro atoms. The van der Waals surface area contributed by atoms with Gasteiger partial charge in [0.15, 0.2) is 0 Å². The average Bonchev–Trinajstić information content (AvgIpc) is 3.47. The third-order valence-electron chi connectivity index (χ3n) is 5.17. The van der Waals surface area contributed by atoms with E-state index in [1.54, 1.807) is 25.1 Å². The Morgan fingerprint density at radius 2 is 1.81 bits per heavy atom. The standard InChI is InChI=1S/C22H19F4N3O2/c1-13(28-20(31)21(10-11-21)29-18(30)9-12-27)14-5-7-15(8-6-14)16-3-2-4-17(23)19(16)22(24,25)26/h2-8,13H,9-11H2,1H3,(H,28,31)(H,29,30)/t13-/m1/s1. The second-order valence-electron chi connectivity index (χ2n) is 7.44. The van der Waals surface area contributed by atoms with E-state index in [1.165, 1.54) is 24.3 Å². The highest BCUT2D eigenvalue weighted by Gasteiger charge is 2.51. The fourth-order valence-electron chi connectivity index (χ4n) is 3.34. The van der Waals surface area contributed by atoms with Gasteiger partial charge in [-0.1, -0.05) is 36.4 Å². The number of halogens is 4. The van der Waals surface area contributed by atoms with Gasteiger partial charge in [-0.05, 0) is 42.5 Å². The SMILES string of the molecule is C[C@@H](NC(=O)C1(NC(=O)CC#N)CC1)c1ccc(-c2cccc(F)c2C(F)(F)F)cc1. The first-order chi connectivity index (χ1) is 14.6. The first-order valence-electron chi connectivity index (χ1n) is 9.52. The highest BCUT2D eigenvalue weighted by molar-refractivity contribution is 5.94. The van der Waals surface area contributed by atoms with Crippen LogP contribution in [0.2, 0.25) is 0 Å². The van der Waals surface area contributed by atoms with E-state index in [2.05, 4.69) is 10.6 Å². The Kier molecular flexibility index (Phi) is 6.02. The average molecular weight is 433 g/mol. The molecule has 9 heteroatoms. The van der Waals surface area contributed by atoms with Crippen molar-refractivity contribution < 1.29 is 27.2 Å². The quantitative estimate of drug-likeness (QED) is 0.669. The van der Waals surface area contributed by atoms with Crippen molar-refractivity contribution in [2.75, 3.05) is 0 Å². The Hall–Kier alpha value is -3.41. The van der Waals surface area contributed by atoms with Crippen LogP contribution in [0.1, 0.15) is 43.4 Å². The lowest BCUT2D eigenvalue weighted by atomic mass is 9.96. The second-order valence-corrected chi connectivity index (χ2v) is 7.44. The van der Waals surface area contributed by atoms with E-state index in [4.69, 9.17) is 5.26 Å². The Morgan fingerprint density at radius 3 is 2.35 bits per heavy atom. The van der Waals surface area contributed by atoms with E-state index in [-0.39, 0.29) is 23.5 Å². The Balaban J connectivity index is 1.74. The molecule has 1 aliphatic rings. The normalized spacial score (nSPS) is 15.5.